The van der Waals surface area contributed by atoms with Gasteiger partial charge >= 0.3 is 0 Å². The Kier molecular flexibility index (Phi) is 7.00. The van der Waals surface area contributed by atoms with Crippen molar-refractivity contribution in [1.82, 2.24) is 10.6 Å². The molecule has 54 heavy (non-hydrogen) atoms. The van der Waals surface area contributed by atoms with Crippen molar-refractivity contribution in [2.75, 3.05) is 0 Å². The second-order valence-electron chi connectivity index (χ2n) is 13.9. The normalized spacial score (nSPS) is 16.0. The predicted octanol–water partition coefficient (Wildman–Crippen LogP) is 12.3. The molecule has 1 aliphatic heterocycles. The minimum absolute atomic E-state index is 0.242. The Bertz CT molecular complexity index is 3070. The third-order valence-corrected chi connectivity index (χ3v) is 10.8. The van der Waals surface area contributed by atoms with E-state index in [0.717, 1.165) is 94.0 Å². The number of fused-ring (bicyclic) bond motifs is 7. The van der Waals surface area contributed by atoms with E-state index in [1.807, 2.05) is 36.4 Å². The Morgan fingerprint density at radius 2 is 1.04 bits per heavy atom. The number of furan rings is 2. The average molecular weight is 696 g/mol. The quantitative estimate of drug-likeness (QED) is 0.188. The fraction of sp³-hybridized carbons (Fsp3) is 0.0408. The molecule has 0 bridgehead atoms. The molecule has 5 heteroatoms. The third-order valence-electron chi connectivity index (χ3n) is 10.8. The minimum atomic E-state index is -0.274. The summed E-state index contributed by atoms with van der Waals surface area (Å²) in [4.78, 5) is 5.31. The van der Waals surface area contributed by atoms with Crippen LogP contribution < -0.4 is 10.6 Å². The smallest absolute Gasteiger partial charge is 0.143 e. The van der Waals surface area contributed by atoms with E-state index in [0.29, 0.717) is 0 Å². The molecule has 0 amide bonds. The Hall–Kier alpha value is -6.95. The Balaban J connectivity index is 1.07. The van der Waals surface area contributed by atoms with Crippen LogP contribution in [0.15, 0.2) is 190 Å². The van der Waals surface area contributed by atoms with E-state index in [-0.39, 0.29) is 12.3 Å². The van der Waals surface area contributed by atoms with Crippen molar-refractivity contribution >= 4 is 60.5 Å². The monoisotopic (exact) mass is 695 g/mol. The summed E-state index contributed by atoms with van der Waals surface area (Å²) < 4.78 is 12.9. The van der Waals surface area contributed by atoms with Gasteiger partial charge in [-0.2, -0.15) is 0 Å². The van der Waals surface area contributed by atoms with Crippen LogP contribution in [0.1, 0.15) is 29.0 Å². The fourth-order valence-corrected chi connectivity index (χ4v) is 8.36. The molecule has 0 fully saturated rings. The largest absolute Gasteiger partial charge is 0.456 e. The fourth-order valence-electron chi connectivity index (χ4n) is 8.36. The molecule has 2 N–H and O–H groups in total. The molecule has 0 spiro atoms. The lowest BCUT2D eigenvalue weighted by Crippen LogP contribution is -2.45. The number of para-hydroxylation sites is 2. The van der Waals surface area contributed by atoms with E-state index >= 15 is 0 Å². The Morgan fingerprint density at radius 1 is 0.426 bits per heavy atom. The van der Waals surface area contributed by atoms with Gasteiger partial charge in [0.15, 0.2) is 0 Å². The molecule has 8 aromatic carbocycles. The zero-order chi connectivity index (χ0) is 35.6. The van der Waals surface area contributed by atoms with Crippen LogP contribution in [0, 0.1) is 0 Å². The number of amidine groups is 1. The van der Waals surface area contributed by atoms with Crippen LogP contribution in [0.4, 0.5) is 0 Å². The highest BCUT2D eigenvalue weighted by Gasteiger charge is 2.29. The van der Waals surface area contributed by atoms with Crippen molar-refractivity contribution in [1.29, 1.82) is 0 Å². The van der Waals surface area contributed by atoms with Crippen molar-refractivity contribution in [3.63, 3.8) is 0 Å². The van der Waals surface area contributed by atoms with E-state index < -0.39 is 0 Å². The predicted molar refractivity (Wildman–Crippen MR) is 221 cm³/mol. The van der Waals surface area contributed by atoms with E-state index in [2.05, 4.69) is 150 Å². The summed E-state index contributed by atoms with van der Waals surface area (Å²) in [6.45, 7) is 0. The number of aliphatic imine (C=N–C) groups is 1. The lowest BCUT2D eigenvalue weighted by Gasteiger charge is -2.33. The molecule has 0 saturated heterocycles. The summed E-state index contributed by atoms with van der Waals surface area (Å²) in [6, 6.07) is 61.4. The number of hydrogen-bond donors (Lipinski definition) is 2. The summed E-state index contributed by atoms with van der Waals surface area (Å²) in [5.74, 6) is 0.821. The first-order chi connectivity index (χ1) is 26.8. The molecular formula is C49H33N3O2. The molecule has 3 heterocycles. The SMILES string of the molecule is c1ccc(-c2cccc3c2oc2cccc(-c4ccc(C5NC(c6cccc7oc8ccccc8c67)=NC(c6ccccc6)N5)c5ccccc45)c23)cc1. The maximum absolute atomic E-state index is 6.65. The topological polar surface area (TPSA) is 62.7 Å². The van der Waals surface area contributed by atoms with Gasteiger partial charge in [-0.05, 0) is 56.8 Å². The molecule has 256 valence electrons. The van der Waals surface area contributed by atoms with Crippen LogP contribution in [-0.2, 0) is 0 Å². The molecular weight excluding hydrogens is 663 g/mol. The van der Waals surface area contributed by atoms with Crippen molar-refractivity contribution in [3.8, 4) is 22.3 Å². The van der Waals surface area contributed by atoms with Gasteiger partial charge in [-0.3, -0.25) is 5.32 Å². The van der Waals surface area contributed by atoms with E-state index in [1.165, 1.54) is 5.39 Å². The number of benzene rings is 8. The number of hydrogen-bond acceptors (Lipinski definition) is 5. The molecule has 2 unspecified atom stereocenters. The standard InChI is InChI=1S/C49H33N3O2/c1-3-14-30(15-4-1)32-21-11-23-39-44-36(22-12-27-43(44)54-46(32)39)35-28-29-37(34-19-8-7-18-33(34)35)48-50-47(31-16-5-2-6-17-31)51-49(52-48)40-24-13-26-42-45(40)38-20-9-10-25-41(38)53-42/h1-29,47-48,50H,(H,51,52). The highest BCUT2D eigenvalue weighted by atomic mass is 16.3. The first kappa shape index (κ1) is 30.7. The zero-order valence-corrected chi connectivity index (χ0v) is 29.2. The van der Waals surface area contributed by atoms with Gasteiger partial charge in [0.25, 0.3) is 0 Å². The van der Waals surface area contributed by atoms with Gasteiger partial charge < -0.3 is 14.2 Å². The number of rotatable bonds is 5. The Labute approximate surface area is 311 Å². The number of nitrogens with zero attached hydrogens (tertiary/aromatic N) is 1. The minimum Gasteiger partial charge on any atom is -0.456 e. The van der Waals surface area contributed by atoms with Crippen molar-refractivity contribution in [3.05, 3.63) is 193 Å². The molecule has 11 rings (SSSR count). The van der Waals surface area contributed by atoms with E-state index in [4.69, 9.17) is 13.8 Å². The van der Waals surface area contributed by atoms with E-state index in [9.17, 15) is 0 Å². The van der Waals surface area contributed by atoms with Crippen LogP contribution in [0.2, 0.25) is 0 Å². The van der Waals surface area contributed by atoms with Gasteiger partial charge in [0.05, 0.1) is 0 Å². The van der Waals surface area contributed by atoms with Crippen LogP contribution in [0.3, 0.4) is 0 Å². The summed E-state index contributed by atoms with van der Waals surface area (Å²) in [7, 11) is 0. The van der Waals surface area contributed by atoms with Gasteiger partial charge in [-0.15, -0.1) is 0 Å². The summed E-state index contributed by atoms with van der Waals surface area (Å²) in [5, 5.41) is 14.4. The van der Waals surface area contributed by atoms with Crippen molar-refractivity contribution in [2.45, 2.75) is 12.3 Å². The zero-order valence-electron chi connectivity index (χ0n) is 29.2. The van der Waals surface area contributed by atoms with Crippen molar-refractivity contribution in [2.24, 2.45) is 4.99 Å². The lowest BCUT2D eigenvalue weighted by atomic mass is 9.91. The average Bonchev–Trinajstić information content (AvgIpc) is 3.83. The second kappa shape index (κ2) is 12.3. The second-order valence-corrected chi connectivity index (χ2v) is 13.9. The van der Waals surface area contributed by atoms with Crippen LogP contribution in [0.5, 0.6) is 0 Å². The number of nitrogens with one attached hydrogen (secondary N) is 2. The summed E-state index contributed by atoms with van der Waals surface area (Å²) in [6.07, 6.45) is -0.516. The maximum Gasteiger partial charge on any atom is 0.143 e. The first-order valence-electron chi connectivity index (χ1n) is 18.4. The highest BCUT2D eigenvalue weighted by molar-refractivity contribution is 6.19. The molecule has 5 nitrogen and oxygen atoms in total. The van der Waals surface area contributed by atoms with Gasteiger partial charge in [-0.1, -0.05) is 158 Å². The molecule has 0 radical (unpaired) electrons. The van der Waals surface area contributed by atoms with Gasteiger partial charge in [0, 0.05) is 32.7 Å². The van der Waals surface area contributed by atoms with Crippen LogP contribution >= 0.6 is 0 Å². The Morgan fingerprint density at radius 3 is 1.87 bits per heavy atom. The lowest BCUT2D eigenvalue weighted by molar-refractivity contribution is 0.411. The van der Waals surface area contributed by atoms with Gasteiger partial charge in [0.2, 0.25) is 0 Å². The molecule has 10 aromatic rings. The third kappa shape index (κ3) is 4.86. The molecule has 2 aromatic heterocycles. The molecule has 1 aliphatic rings. The summed E-state index contributed by atoms with van der Waals surface area (Å²) in [5.41, 5.74) is 11.3. The van der Waals surface area contributed by atoms with Crippen LogP contribution in [0.25, 0.3) is 76.9 Å². The highest BCUT2D eigenvalue weighted by Crippen LogP contribution is 2.43. The van der Waals surface area contributed by atoms with Crippen molar-refractivity contribution < 1.29 is 8.83 Å². The van der Waals surface area contributed by atoms with Crippen LogP contribution in [-0.4, -0.2) is 5.84 Å². The summed E-state index contributed by atoms with van der Waals surface area (Å²) >= 11 is 0. The molecule has 0 saturated carbocycles. The molecule has 2 atom stereocenters. The maximum atomic E-state index is 6.65. The van der Waals surface area contributed by atoms with E-state index in [1.54, 1.807) is 0 Å². The van der Waals surface area contributed by atoms with Gasteiger partial charge in [-0.25, -0.2) is 4.99 Å². The molecule has 0 aliphatic carbocycles. The van der Waals surface area contributed by atoms with Gasteiger partial charge in [0.1, 0.15) is 40.5 Å². The first-order valence-corrected chi connectivity index (χ1v) is 18.4.